The Morgan fingerprint density at radius 1 is 1.07 bits per heavy atom. The second-order valence-electron chi connectivity index (χ2n) is 12.4. The van der Waals surface area contributed by atoms with Gasteiger partial charge in [0.15, 0.2) is 0 Å². The Hall–Kier alpha value is -3.54. The minimum Gasteiger partial charge on any atom is -0.444 e. The van der Waals surface area contributed by atoms with Crippen LogP contribution in [-0.2, 0) is 4.74 Å². The van der Waals surface area contributed by atoms with E-state index in [1.165, 1.54) is 11.6 Å². The summed E-state index contributed by atoms with van der Waals surface area (Å²) in [6.45, 7) is 22.2. The quantitative estimate of drug-likeness (QED) is 0.127. The molecule has 0 N–H and O–H groups in total. The molecule has 0 aromatic heterocycles. The van der Waals surface area contributed by atoms with Crippen molar-refractivity contribution in [2.75, 3.05) is 19.6 Å². The molecule has 1 rings (SSSR count). The molecule has 1 atom stereocenters. The van der Waals surface area contributed by atoms with E-state index in [1.807, 2.05) is 76.8 Å². The first-order valence-corrected chi connectivity index (χ1v) is 16.3. The maximum absolute atomic E-state index is 13.3. The lowest BCUT2D eigenvalue weighted by Gasteiger charge is -2.42. The lowest BCUT2D eigenvalue weighted by molar-refractivity contribution is -0.126. The number of amides is 1. The molecule has 1 aliphatic heterocycles. The Kier molecular flexibility index (Phi) is 19.7. The predicted molar refractivity (Wildman–Crippen MR) is 185 cm³/mol. The van der Waals surface area contributed by atoms with Gasteiger partial charge in [0, 0.05) is 48.9 Å². The van der Waals surface area contributed by atoms with Gasteiger partial charge in [-0.05, 0) is 92.4 Å². The summed E-state index contributed by atoms with van der Waals surface area (Å²) < 4.78 is 45.3. The third-order valence-electron chi connectivity index (χ3n) is 6.95. The molecular formula is C37H57F3N4O2. The van der Waals surface area contributed by atoms with Crippen LogP contribution in [0.25, 0.3) is 0 Å². The highest BCUT2D eigenvalue weighted by molar-refractivity contribution is 6.03. The number of hydrogen-bond acceptors (Lipinski definition) is 5. The van der Waals surface area contributed by atoms with Gasteiger partial charge in [0.1, 0.15) is 5.60 Å². The van der Waals surface area contributed by atoms with E-state index in [2.05, 4.69) is 31.8 Å². The number of halogens is 3. The summed E-state index contributed by atoms with van der Waals surface area (Å²) in [6, 6.07) is 2.03. The van der Waals surface area contributed by atoms with Gasteiger partial charge >= 0.3 is 12.3 Å². The standard InChI is InChI=1S/C24H38F3N3O2.C13H19N/c1-9-11-12-28-18(4)21(20(10-2)15-24(25,26)27)19(5)29-13-14-30(17(3)16-29)22(31)32-23(6,7)8;1-4-6-7-9-13(11-14)10-12(3)8-5-2/h10-12,17H,9,13-16H2,1-8H3;6-7,9-10H,4-5,8H2,1-3H3/b12-11+,20-10-,21-19-,28-18+;7-6+,12-10+,13-9+. The average Bonchev–Trinajstić information content (AvgIpc) is 2.95. The van der Waals surface area contributed by atoms with Crippen molar-refractivity contribution in [3.8, 4) is 6.07 Å². The van der Waals surface area contributed by atoms with Gasteiger partial charge < -0.3 is 14.5 Å². The molecule has 0 aliphatic carbocycles. The van der Waals surface area contributed by atoms with E-state index >= 15 is 0 Å². The summed E-state index contributed by atoms with van der Waals surface area (Å²) in [6.07, 6.45) is 11.1. The minimum absolute atomic E-state index is 0.149. The minimum atomic E-state index is -4.32. The largest absolute Gasteiger partial charge is 0.444 e. The van der Waals surface area contributed by atoms with Gasteiger partial charge in [0.2, 0.25) is 0 Å². The van der Waals surface area contributed by atoms with Gasteiger partial charge in [-0.2, -0.15) is 18.4 Å². The molecule has 0 aromatic rings. The number of alkyl halides is 3. The molecule has 9 heteroatoms. The van der Waals surface area contributed by atoms with Crippen LogP contribution in [0.15, 0.2) is 75.6 Å². The van der Waals surface area contributed by atoms with Gasteiger partial charge in [-0.3, -0.25) is 4.99 Å². The van der Waals surface area contributed by atoms with E-state index in [4.69, 9.17) is 10.00 Å². The fraction of sp³-hybridized carbons (Fsp3) is 0.595. The fourth-order valence-electron chi connectivity index (χ4n) is 4.78. The number of piperazine rings is 1. The van der Waals surface area contributed by atoms with Crippen molar-refractivity contribution < 1.29 is 22.7 Å². The molecule has 258 valence electrons. The number of nitrogens with zero attached hydrogens (tertiary/aromatic N) is 4. The summed E-state index contributed by atoms with van der Waals surface area (Å²) in [5, 5.41) is 8.85. The van der Waals surface area contributed by atoms with Crippen LogP contribution >= 0.6 is 0 Å². The van der Waals surface area contributed by atoms with E-state index in [1.54, 1.807) is 24.9 Å². The number of carbonyl (C=O) groups excluding carboxylic acids is 1. The Morgan fingerprint density at radius 2 is 1.70 bits per heavy atom. The fourth-order valence-corrected chi connectivity index (χ4v) is 4.78. The van der Waals surface area contributed by atoms with E-state index in [0.717, 1.165) is 37.0 Å². The second-order valence-corrected chi connectivity index (χ2v) is 12.4. The zero-order valence-electron chi connectivity index (χ0n) is 30.0. The molecule has 0 saturated carbocycles. The molecule has 1 saturated heterocycles. The normalized spacial score (nSPS) is 18.0. The zero-order chi connectivity index (χ0) is 35.5. The molecule has 1 fully saturated rings. The molecule has 1 unspecified atom stereocenters. The van der Waals surface area contributed by atoms with Crippen molar-refractivity contribution in [3.63, 3.8) is 0 Å². The first-order chi connectivity index (χ1) is 21.4. The average molecular weight is 647 g/mol. The van der Waals surface area contributed by atoms with E-state index in [0.29, 0.717) is 30.9 Å². The molecule has 0 bridgehead atoms. The summed E-state index contributed by atoms with van der Waals surface area (Å²) in [5.74, 6) is 0. The Bertz CT molecular complexity index is 1220. The number of carbonyl (C=O) groups is 1. The predicted octanol–water partition coefficient (Wildman–Crippen LogP) is 10.6. The van der Waals surface area contributed by atoms with Gasteiger partial charge in [-0.15, -0.1) is 0 Å². The first kappa shape index (κ1) is 42.5. The monoisotopic (exact) mass is 646 g/mol. The number of nitriles is 1. The highest BCUT2D eigenvalue weighted by atomic mass is 19.4. The summed E-state index contributed by atoms with van der Waals surface area (Å²) in [7, 11) is 0. The topological polar surface area (TPSA) is 68.9 Å². The lowest BCUT2D eigenvalue weighted by Crippen LogP contribution is -2.54. The van der Waals surface area contributed by atoms with Crippen molar-refractivity contribution in [3.05, 3.63) is 70.6 Å². The number of hydrogen-bond donors (Lipinski definition) is 0. The van der Waals surface area contributed by atoms with Crippen LogP contribution in [0.1, 0.15) is 108 Å². The molecule has 0 aromatic carbocycles. The van der Waals surface area contributed by atoms with Gasteiger partial charge in [-0.1, -0.05) is 57.1 Å². The van der Waals surface area contributed by atoms with Crippen molar-refractivity contribution in [2.24, 2.45) is 4.99 Å². The van der Waals surface area contributed by atoms with Crippen LogP contribution in [0.2, 0.25) is 0 Å². The van der Waals surface area contributed by atoms with Gasteiger partial charge in [0.05, 0.1) is 18.1 Å². The molecule has 46 heavy (non-hydrogen) atoms. The Balaban J connectivity index is 0.00000121. The van der Waals surface area contributed by atoms with E-state index < -0.39 is 18.2 Å². The van der Waals surface area contributed by atoms with Crippen LogP contribution in [0.3, 0.4) is 0 Å². The molecule has 6 nitrogen and oxygen atoms in total. The maximum Gasteiger partial charge on any atom is 0.410 e. The van der Waals surface area contributed by atoms with Crippen molar-refractivity contribution in [1.29, 1.82) is 5.26 Å². The zero-order valence-corrected chi connectivity index (χ0v) is 30.0. The van der Waals surface area contributed by atoms with Crippen LogP contribution in [0, 0.1) is 11.3 Å². The van der Waals surface area contributed by atoms with Gasteiger partial charge in [0.25, 0.3) is 0 Å². The Morgan fingerprint density at radius 3 is 2.17 bits per heavy atom. The molecule has 1 amide bonds. The Labute approximate surface area is 276 Å². The van der Waals surface area contributed by atoms with Gasteiger partial charge in [-0.25, -0.2) is 4.79 Å². The number of aliphatic imine (C=N–C) groups is 1. The summed E-state index contributed by atoms with van der Waals surface area (Å²) in [5.41, 5.74) is 3.38. The molecule has 0 radical (unpaired) electrons. The van der Waals surface area contributed by atoms with Crippen molar-refractivity contribution in [1.82, 2.24) is 9.80 Å². The van der Waals surface area contributed by atoms with Crippen LogP contribution in [-0.4, -0.2) is 59.1 Å². The van der Waals surface area contributed by atoms with Crippen LogP contribution in [0.4, 0.5) is 18.0 Å². The number of allylic oxidation sites excluding steroid dienone is 11. The number of rotatable bonds is 11. The van der Waals surface area contributed by atoms with Crippen LogP contribution < -0.4 is 0 Å². The highest BCUT2D eigenvalue weighted by Gasteiger charge is 2.34. The van der Waals surface area contributed by atoms with Crippen molar-refractivity contribution in [2.45, 2.75) is 126 Å². The van der Waals surface area contributed by atoms with Crippen molar-refractivity contribution >= 4 is 11.8 Å². The maximum atomic E-state index is 13.3. The molecule has 1 aliphatic rings. The first-order valence-electron chi connectivity index (χ1n) is 16.3. The smallest absolute Gasteiger partial charge is 0.410 e. The molecule has 1 heterocycles. The highest BCUT2D eigenvalue weighted by Crippen LogP contribution is 2.32. The van der Waals surface area contributed by atoms with E-state index in [9.17, 15) is 18.0 Å². The third kappa shape index (κ3) is 17.2. The van der Waals surface area contributed by atoms with E-state index in [-0.39, 0.29) is 17.7 Å². The SMILES string of the molecule is CC/C=C/C=C(C#N)\C=C(/C)CCC.C\C=C(CC(F)(F)F)/C(C(/C)=N/C=C/CC)=C(/C)N1CCN(C(=O)OC(C)(C)C)C(C)C1. The van der Waals surface area contributed by atoms with Crippen LogP contribution in [0.5, 0.6) is 0 Å². The molecular weight excluding hydrogens is 589 g/mol. The third-order valence-corrected chi connectivity index (χ3v) is 6.95. The second kappa shape index (κ2) is 21.3. The lowest BCUT2D eigenvalue weighted by atomic mass is 9.95. The molecule has 0 spiro atoms. The number of ether oxygens (including phenoxy) is 1. The summed E-state index contributed by atoms with van der Waals surface area (Å²) in [4.78, 5) is 20.6. The summed E-state index contributed by atoms with van der Waals surface area (Å²) >= 11 is 0.